The van der Waals surface area contributed by atoms with Crippen molar-refractivity contribution in [3.63, 3.8) is 0 Å². The third-order valence-corrected chi connectivity index (χ3v) is 4.04. The van der Waals surface area contributed by atoms with Gasteiger partial charge in [0.25, 0.3) is 0 Å². The third-order valence-electron chi connectivity index (χ3n) is 2.18. The highest BCUT2D eigenvalue weighted by molar-refractivity contribution is 7.89. The topological polar surface area (TPSA) is 83.6 Å². The van der Waals surface area contributed by atoms with Gasteiger partial charge in [-0.15, -0.1) is 6.58 Å². The number of nitrogens with two attached hydrogens (primary N) is 1. The Morgan fingerprint density at radius 1 is 1.47 bits per heavy atom. The van der Waals surface area contributed by atoms with Gasteiger partial charge in [-0.3, -0.25) is 0 Å². The van der Waals surface area contributed by atoms with Crippen LogP contribution in [-0.4, -0.2) is 37.5 Å². The standard InChI is InChI=1S/C11H16N2O3S/c1-2-6-13(7-8-14)17(15,16)11-5-3-4-10(12)9-11/h2-5,9,14H,1,6-8,12H2. The first-order valence-corrected chi connectivity index (χ1v) is 6.54. The first kappa shape index (κ1) is 13.7. The van der Waals surface area contributed by atoms with E-state index in [1.807, 2.05) is 0 Å². The summed E-state index contributed by atoms with van der Waals surface area (Å²) in [5.74, 6) is 0. The molecule has 0 fully saturated rings. The molecule has 94 valence electrons. The van der Waals surface area contributed by atoms with Crippen LogP contribution < -0.4 is 5.73 Å². The van der Waals surface area contributed by atoms with Gasteiger partial charge >= 0.3 is 0 Å². The molecule has 17 heavy (non-hydrogen) atoms. The van der Waals surface area contributed by atoms with Crippen molar-refractivity contribution in [2.75, 3.05) is 25.4 Å². The molecule has 0 aliphatic carbocycles. The largest absolute Gasteiger partial charge is 0.399 e. The molecule has 0 unspecified atom stereocenters. The van der Waals surface area contributed by atoms with Crippen LogP contribution in [-0.2, 0) is 10.0 Å². The smallest absolute Gasteiger partial charge is 0.243 e. The molecule has 0 aromatic heterocycles. The molecule has 0 saturated carbocycles. The molecule has 3 N–H and O–H groups in total. The number of hydrogen-bond donors (Lipinski definition) is 2. The second-order valence-corrected chi connectivity index (χ2v) is 5.39. The monoisotopic (exact) mass is 256 g/mol. The normalized spacial score (nSPS) is 11.6. The predicted molar refractivity (Wildman–Crippen MR) is 66.9 cm³/mol. The van der Waals surface area contributed by atoms with Gasteiger partial charge in [-0.2, -0.15) is 4.31 Å². The zero-order valence-corrected chi connectivity index (χ0v) is 10.2. The third kappa shape index (κ3) is 3.29. The molecular weight excluding hydrogens is 240 g/mol. The summed E-state index contributed by atoms with van der Waals surface area (Å²) in [7, 11) is -3.63. The Balaban J connectivity index is 3.11. The fraction of sp³-hybridized carbons (Fsp3) is 0.273. The fourth-order valence-corrected chi connectivity index (χ4v) is 2.85. The second kappa shape index (κ2) is 5.81. The minimum absolute atomic E-state index is 0.0309. The maximum absolute atomic E-state index is 12.2. The van der Waals surface area contributed by atoms with Gasteiger partial charge in [0, 0.05) is 18.8 Å². The zero-order valence-electron chi connectivity index (χ0n) is 9.41. The van der Waals surface area contributed by atoms with Crippen molar-refractivity contribution in [2.45, 2.75) is 4.90 Å². The first-order chi connectivity index (χ1) is 8.02. The number of hydrogen-bond acceptors (Lipinski definition) is 4. The molecule has 0 bridgehead atoms. The first-order valence-electron chi connectivity index (χ1n) is 5.10. The van der Waals surface area contributed by atoms with E-state index in [0.717, 1.165) is 4.31 Å². The Bertz CT molecular complexity index is 485. The molecule has 0 heterocycles. The van der Waals surface area contributed by atoms with Crippen LogP contribution in [0.25, 0.3) is 0 Å². The van der Waals surface area contributed by atoms with Crippen molar-refractivity contribution in [2.24, 2.45) is 0 Å². The lowest BCUT2D eigenvalue weighted by atomic mass is 10.3. The maximum Gasteiger partial charge on any atom is 0.243 e. The molecule has 0 amide bonds. The molecule has 0 spiro atoms. The van der Waals surface area contributed by atoms with E-state index < -0.39 is 10.0 Å². The Labute approximate surface area is 101 Å². The number of benzene rings is 1. The minimum Gasteiger partial charge on any atom is -0.399 e. The van der Waals surface area contributed by atoms with Crippen LogP contribution in [0.15, 0.2) is 41.8 Å². The lowest BCUT2D eigenvalue weighted by Gasteiger charge is -2.19. The van der Waals surface area contributed by atoms with Crippen LogP contribution >= 0.6 is 0 Å². The second-order valence-electron chi connectivity index (χ2n) is 3.45. The van der Waals surface area contributed by atoms with E-state index in [-0.39, 0.29) is 24.6 Å². The Morgan fingerprint density at radius 2 is 2.18 bits per heavy atom. The molecule has 0 saturated heterocycles. The molecule has 5 nitrogen and oxygen atoms in total. The number of anilines is 1. The molecule has 6 heteroatoms. The van der Waals surface area contributed by atoms with E-state index in [1.165, 1.54) is 18.2 Å². The Kier molecular flexibility index (Phi) is 4.68. The predicted octanol–water partition coefficient (Wildman–Crippen LogP) is 0.438. The van der Waals surface area contributed by atoms with Crippen LogP contribution in [0.2, 0.25) is 0 Å². The molecule has 1 aromatic rings. The SMILES string of the molecule is C=CCN(CCO)S(=O)(=O)c1cccc(N)c1. The van der Waals surface area contributed by atoms with Gasteiger partial charge in [-0.05, 0) is 18.2 Å². The van der Waals surface area contributed by atoms with Crippen molar-refractivity contribution in [1.29, 1.82) is 0 Å². The summed E-state index contributed by atoms with van der Waals surface area (Å²) in [4.78, 5) is 0.118. The van der Waals surface area contributed by atoms with Gasteiger partial charge in [0.2, 0.25) is 10.0 Å². The summed E-state index contributed by atoms with van der Waals surface area (Å²) in [6.07, 6.45) is 1.47. The molecule has 0 radical (unpaired) electrons. The number of nitrogen functional groups attached to an aromatic ring is 1. The van der Waals surface area contributed by atoms with Crippen molar-refractivity contribution in [3.8, 4) is 0 Å². The number of sulfonamides is 1. The van der Waals surface area contributed by atoms with Gasteiger partial charge in [-0.25, -0.2) is 8.42 Å². The van der Waals surface area contributed by atoms with Crippen LogP contribution in [0.3, 0.4) is 0 Å². The fourth-order valence-electron chi connectivity index (χ4n) is 1.39. The lowest BCUT2D eigenvalue weighted by Crippen LogP contribution is -2.33. The van der Waals surface area contributed by atoms with Gasteiger partial charge in [-0.1, -0.05) is 12.1 Å². The van der Waals surface area contributed by atoms with Crippen molar-refractivity contribution >= 4 is 15.7 Å². The summed E-state index contributed by atoms with van der Waals surface area (Å²) in [5.41, 5.74) is 5.93. The summed E-state index contributed by atoms with van der Waals surface area (Å²) in [6.45, 7) is 3.44. The van der Waals surface area contributed by atoms with Crippen LogP contribution in [0.5, 0.6) is 0 Å². The van der Waals surface area contributed by atoms with Crippen molar-refractivity contribution < 1.29 is 13.5 Å². The Hall–Kier alpha value is -1.37. The summed E-state index contributed by atoms with van der Waals surface area (Å²) in [6, 6.07) is 6.05. The van der Waals surface area contributed by atoms with Gasteiger partial charge in [0.1, 0.15) is 0 Å². The van der Waals surface area contributed by atoms with Crippen molar-refractivity contribution in [1.82, 2.24) is 4.31 Å². The van der Waals surface area contributed by atoms with Crippen molar-refractivity contribution in [3.05, 3.63) is 36.9 Å². The van der Waals surface area contributed by atoms with Gasteiger partial charge in [0.15, 0.2) is 0 Å². The molecular formula is C11H16N2O3S. The maximum atomic E-state index is 12.2. The Morgan fingerprint density at radius 3 is 2.71 bits per heavy atom. The number of nitrogens with zero attached hydrogens (tertiary/aromatic N) is 1. The van der Waals surface area contributed by atoms with Gasteiger partial charge in [0.05, 0.1) is 11.5 Å². The highest BCUT2D eigenvalue weighted by atomic mass is 32.2. The zero-order chi connectivity index (χ0) is 12.9. The average molecular weight is 256 g/mol. The number of aliphatic hydroxyl groups excluding tert-OH is 1. The van der Waals surface area contributed by atoms with Crippen LogP contribution in [0, 0.1) is 0 Å². The van der Waals surface area contributed by atoms with Crippen LogP contribution in [0.4, 0.5) is 5.69 Å². The van der Waals surface area contributed by atoms with E-state index in [2.05, 4.69) is 6.58 Å². The molecule has 1 rings (SSSR count). The minimum atomic E-state index is -3.63. The summed E-state index contributed by atoms with van der Waals surface area (Å²) in [5, 5.41) is 8.86. The quantitative estimate of drug-likeness (QED) is 0.571. The van der Waals surface area contributed by atoms with E-state index >= 15 is 0 Å². The molecule has 0 aliphatic heterocycles. The molecule has 0 atom stereocenters. The lowest BCUT2D eigenvalue weighted by molar-refractivity contribution is 0.260. The number of aliphatic hydroxyl groups is 1. The van der Waals surface area contributed by atoms with E-state index in [1.54, 1.807) is 12.1 Å². The number of rotatable bonds is 6. The molecule has 0 aliphatic rings. The summed E-state index contributed by atoms with van der Waals surface area (Å²) >= 11 is 0. The van der Waals surface area contributed by atoms with Gasteiger partial charge < -0.3 is 10.8 Å². The highest BCUT2D eigenvalue weighted by Gasteiger charge is 2.22. The summed E-state index contributed by atoms with van der Waals surface area (Å²) < 4.78 is 25.5. The van der Waals surface area contributed by atoms with E-state index in [4.69, 9.17) is 10.8 Å². The average Bonchev–Trinajstić information content (AvgIpc) is 2.29. The highest BCUT2D eigenvalue weighted by Crippen LogP contribution is 2.17. The van der Waals surface area contributed by atoms with E-state index in [0.29, 0.717) is 5.69 Å². The van der Waals surface area contributed by atoms with E-state index in [9.17, 15) is 8.42 Å². The molecule has 1 aromatic carbocycles. The van der Waals surface area contributed by atoms with Crippen LogP contribution in [0.1, 0.15) is 0 Å².